The van der Waals surface area contributed by atoms with Gasteiger partial charge in [-0.3, -0.25) is 0 Å². The molecule has 0 fully saturated rings. The van der Waals surface area contributed by atoms with Crippen LogP contribution in [0.15, 0.2) is 18.2 Å². The maximum Gasteiger partial charge on any atom is 0.342 e. The van der Waals surface area contributed by atoms with Crippen molar-refractivity contribution in [1.82, 2.24) is 0 Å². The molecule has 0 bridgehead atoms. The summed E-state index contributed by atoms with van der Waals surface area (Å²) in [5.74, 6) is -0.132. The molecule has 0 aromatic heterocycles. The highest BCUT2D eigenvalue weighted by atomic mass is 16.5. The Morgan fingerprint density at radius 1 is 1.44 bits per heavy atom. The number of esters is 1. The van der Waals surface area contributed by atoms with Gasteiger partial charge in [0, 0.05) is 5.69 Å². The molecule has 1 atom stereocenters. The fourth-order valence-electron chi connectivity index (χ4n) is 1.32. The molecular formula is C13H19NO4. The first-order valence-electron chi connectivity index (χ1n) is 5.74. The summed E-state index contributed by atoms with van der Waals surface area (Å²) in [5.41, 5.74) is 6.32. The van der Waals surface area contributed by atoms with Crippen LogP contribution in [0.1, 0.15) is 24.2 Å². The van der Waals surface area contributed by atoms with E-state index in [1.54, 1.807) is 12.1 Å². The summed E-state index contributed by atoms with van der Waals surface area (Å²) in [5, 5.41) is 9.57. The predicted molar refractivity (Wildman–Crippen MR) is 68.5 cm³/mol. The van der Waals surface area contributed by atoms with Crippen LogP contribution in [0.5, 0.6) is 5.75 Å². The average Bonchev–Trinajstić information content (AvgIpc) is 2.35. The Morgan fingerprint density at radius 2 is 2.11 bits per heavy atom. The minimum Gasteiger partial charge on any atom is -0.496 e. The van der Waals surface area contributed by atoms with Gasteiger partial charge in [-0.25, -0.2) is 4.79 Å². The first-order valence-corrected chi connectivity index (χ1v) is 5.74. The van der Waals surface area contributed by atoms with Gasteiger partial charge in [-0.15, -0.1) is 0 Å². The fourth-order valence-corrected chi connectivity index (χ4v) is 1.32. The second kappa shape index (κ2) is 6.26. The number of hydrogen-bond donors (Lipinski definition) is 2. The molecule has 1 rings (SSSR count). The van der Waals surface area contributed by atoms with Crippen molar-refractivity contribution in [3.05, 3.63) is 23.8 Å². The lowest BCUT2D eigenvalue weighted by atomic mass is 10.1. The predicted octanol–water partition coefficient (Wildman–Crippen LogP) is 1.45. The number of aliphatic hydroxyl groups excluding tert-OH is 1. The van der Waals surface area contributed by atoms with Gasteiger partial charge in [0.2, 0.25) is 0 Å². The summed E-state index contributed by atoms with van der Waals surface area (Å²) in [6, 6.07) is 4.73. The van der Waals surface area contributed by atoms with E-state index in [0.29, 0.717) is 11.4 Å². The van der Waals surface area contributed by atoms with Crippen molar-refractivity contribution in [2.45, 2.75) is 20.0 Å². The molecule has 100 valence electrons. The first kappa shape index (κ1) is 14.3. The molecule has 0 aliphatic heterocycles. The summed E-state index contributed by atoms with van der Waals surface area (Å²) in [6.07, 6.45) is -0.680. The number of nitrogen functional groups attached to an aromatic ring is 1. The quantitative estimate of drug-likeness (QED) is 0.613. The van der Waals surface area contributed by atoms with Crippen LogP contribution in [0.25, 0.3) is 0 Å². The van der Waals surface area contributed by atoms with Gasteiger partial charge < -0.3 is 20.3 Å². The Balaban J connectivity index is 2.75. The van der Waals surface area contributed by atoms with Gasteiger partial charge in [-0.05, 0) is 24.1 Å². The molecule has 0 saturated carbocycles. The third kappa shape index (κ3) is 3.63. The lowest BCUT2D eigenvalue weighted by Crippen LogP contribution is -2.23. The second-order valence-electron chi connectivity index (χ2n) is 4.37. The molecule has 0 amide bonds. The number of nitrogens with two attached hydrogens (primary N) is 1. The molecule has 0 aliphatic rings. The molecule has 1 unspecified atom stereocenters. The third-order valence-electron chi connectivity index (χ3n) is 2.60. The smallest absolute Gasteiger partial charge is 0.342 e. The molecule has 5 nitrogen and oxygen atoms in total. The highest BCUT2D eigenvalue weighted by Gasteiger charge is 2.17. The molecule has 0 spiro atoms. The maximum absolute atomic E-state index is 11.8. The zero-order valence-corrected chi connectivity index (χ0v) is 10.8. The Morgan fingerprint density at radius 3 is 2.67 bits per heavy atom. The van der Waals surface area contributed by atoms with Crippen LogP contribution in [0.4, 0.5) is 5.69 Å². The van der Waals surface area contributed by atoms with Crippen molar-refractivity contribution in [2.75, 3.05) is 19.5 Å². The minimum absolute atomic E-state index is 0.0283. The van der Waals surface area contributed by atoms with Crippen molar-refractivity contribution in [3.63, 3.8) is 0 Å². The lowest BCUT2D eigenvalue weighted by molar-refractivity contribution is 0.0134. The van der Waals surface area contributed by atoms with Gasteiger partial charge in [-0.1, -0.05) is 13.8 Å². The zero-order valence-electron chi connectivity index (χ0n) is 10.8. The first-order chi connectivity index (χ1) is 8.45. The summed E-state index contributed by atoms with van der Waals surface area (Å²) in [6.45, 7) is 3.65. The normalized spacial score (nSPS) is 12.3. The molecule has 18 heavy (non-hydrogen) atoms. The van der Waals surface area contributed by atoms with E-state index in [2.05, 4.69) is 0 Å². The molecule has 1 aromatic carbocycles. The number of rotatable bonds is 5. The van der Waals surface area contributed by atoms with Crippen molar-refractivity contribution < 1.29 is 19.4 Å². The van der Waals surface area contributed by atoms with Crippen LogP contribution in [-0.4, -0.2) is 30.9 Å². The summed E-state index contributed by atoms with van der Waals surface area (Å²) < 4.78 is 10.1. The molecule has 5 heteroatoms. The highest BCUT2D eigenvalue weighted by Crippen LogP contribution is 2.22. The van der Waals surface area contributed by atoms with Gasteiger partial charge in [0.25, 0.3) is 0 Å². The van der Waals surface area contributed by atoms with E-state index in [4.69, 9.17) is 15.2 Å². The molecular weight excluding hydrogens is 234 g/mol. The van der Waals surface area contributed by atoms with Crippen LogP contribution in [0.3, 0.4) is 0 Å². The minimum atomic E-state index is -0.680. The molecule has 0 aliphatic carbocycles. The Bertz CT molecular complexity index is 417. The van der Waals surface area contributed by atoms with E-state index in [-0.39, 0.29) is 18.1 Å². The van der Waals surface area contributed by atoms with E-state index in [9.17, 15) is 9.90 Å². The summed E-state index contributed by atoms with van der Waals surface area (Å²) in [4.78, 5) is 11.8. The number of carbonyl (C=O) groups excluding carboxylic acids is 1. The van der Waals surface area contributed by atoms with Gasteiger partial charge in [-0.2, -0.15) is 0 Å². The number of carbonyl (C=O) groups is 1. The average molecular weight is 253 g/mol. The third-order valence-corrected chi connectivity index (χ3v) is 2.60. The summed E-state index contributed by atoms with van der Waals surface area (Å²) in [7, 11) is 1.46. The zero-order chi connectivity index (χ0) is 13.7. The number of methoxy groups -OCH3 is 1. The summed E-state index contributed by atoms with van der Waals surface area (Å²) >= 11 is 0. The van der Waals surface area contributed by atoms with Crippen LogP contribution < -0.4 is 10.5 Å². The van der Waals surface area contributed by atoms with Gasteiger partial charge in [0.05, 0.1) is 13.2 Å². The molecule has 0 heterocycles. The number of hydrogen-bond acceptors (Lipinski definition) is 5. The number of anilines is 1. The number of aliphatic hydroxyl groups is 1. The fraction of sp³-hybridized carbons (Fsp3) is 0.462. The van der Waals surface area contributed by atoms with Crippen molar-refractivity contribution in [2.24, 2.45) is 5.92 Å². The van der Waals surface area contributed by atoms with Crippen LogP contribution in [0.2, 0.25) is 0 Å². The van der Waals surface area contributed by atoms with Gasteiger partial charge in [0.15, 0.2) is 0 Å². The lowest BCUT2D eigenvalue weighted by Gasteiger charge is -2.15. The molecule has 3 N–H and O–H groups in total. The van der Waals surface area contributed by atoms with Crippen molar-refractivity contribution in [1.29, 1.82) is 0 Å². The van der Waals surface area contributed by atoms with Crippen LogP contribution in [-0.2, 0) is 4.74 Å². The van der Waals surface area contributed by atoms with E-state index in [1.165, 1.54) is 13.2 Å². The standard InChI is InChI=1S/C13H19NO4/c1-8(2)11(15)7-18-13(16)10-6-9(14)4-5-12(10)17-3/h4-6,8,11,15H,7,14H2,1-3H3. The van der Waals surface area contributed by atoms with Crippen molar-refractivity contribution in [3.8, 4) is 5.75 Å². The van der Waals surface area contributed by atoms with Gasteiger partial charge >= 0.3 is 5.97 Å². The van der Waals surface area contributed by atoms with Crippen molar-refractivity contribution >= 4 is 11.7 Å². The number of benzene rings is 1. The van der Waals surface area contributed by atoms with E-state index in [0.717, 1.165) is 0 Å². The Hall–Kier alpha value is -1.75. The Kier molecular flexibility index (Phi) is 4.97. The van der Waals surface area contributed by atoms with E-state index >= 15 is 0 Å². The molecule has 1 aromatic rings. The van der Waals surface area contributed by atoms with E-state index in [1.807, 2.05) is 13.8 Å². The second-order valence-corrected chi connectivity index (χ2v) is 4.37. The topological polar surface area (TPSA) is 81.8 Å². The van der Waals surface area contributed by atoms with Gasteiger partial charge in [0.1, 0.15) is 17.9 Å². The van der Waals surface area contributed by atoms with E-state index < -0.39 is 12.1 Å². The van der Waals surface area contributed by atoms with Crippen LogP contribution in [0, 0.1) is 5.92 Å². The van der Waals surface area contributed by atoms with Crippen LogP contribution >= 0.6 is 0 Å². The monoisotopic (exact) mass is 253 g/mol. The largest absolute Gasteiger partial charge is 0.496 e. The molecule has 0 radical (unpaired) electrons. The highest BCUT2D eigenvalue weighted by molar-refractivity contribution is 5.93. The molecule has 0 saturated heterocycles. The SMILES string of the molecule is COc1ccc(N)cc1C(=O)OCC(O)C(C)C. The Labute approximate surface area is 107 Å². The maximum atomic E-state index is 11.8. The number of ether oxygens (including phenoxy) is 2.